The van der Waals surface area contributed by atoms with Gasteiger partial charge in [0.15, 0.2) is 0 Å². The smallest absolute Gasteiger partial charge is 0.248 e. The van der Waals surface area contributed by atoms with Gasteiger partial charge < -0.3 is 0 Å². The number of amides is 1. The highest BCUT2D eigenvalue weighted by Crippen LogP contribution is 2.27. The Morgan fingerprint density at radius 2 is 1.54 bits per heavy atom. The zero-order valence-electron chi connectivity index (χ0n) is 14.3. The monoisotopic (exact) mass is 374 g/mol. The number of hydrogen-bond donors (Lipinski definition) is 3. The van der Waals surface area contributed by atoms with Gasteiger partial charge in [0.2, 0.25) is 15.9 Å². The first-order valence-electron chi connectivity index (χ1n) is 8.63. The van der Waals surface area contributed by atoms with Gasteiger partial charge in [-0.15, -0.1) is 0 Å². The van der Waals surface area contributed by atoms with E-state index >= 15 is 0 Å². The highest BCUT2D eigenvalue weighted by atomic mass is 32.2. The van der Waals surface area contributed by atoms with Crippen molar-refractivity contribution in [2.24, 2.45) is 5.92 Å². The molecule has 3 rings (SSSR count). The average molecular weight is 374 g/mol. The molecule has 0 aliphatic heterocycles. The van der Waals surface area contributed by atoms with Crippen molar-refractivity contribution in [2.75, 3.05) is 0 Å². The number of hydroxylamine groups is 1. The zero-order chi connectivity index (χ0) is 18.6. The van der Waals surface area contributed by atoms with Gasteiger partial charge in [0.25, 0.3) is 0 Å². The van der Waals surface area contributed by atoms with Gasteiger partial charge in [-0.25, -0.2) is 18.6 Å². The summed E-state index contributed by atoms with van der Waals surface area (Å²) in [4.78, 5) is 12.0. The van der Waals surface area contributed by atoms with Gasteiger partial charge in [-0.05, 0) is 36.1 Å². The molecular weight excluding hydrogens is 352 g/mol. The number of benzene rings is 2. The third kappa shape index (κ3) is 4.12. The molecule has 0 heterocycles. The summed E-state index contributed by atoms with van der Waals surface area (Å²) >= 11 is 0. The summed E-state index contributed by atoms with van der Waals surface area (Å²) in [6.45, 7) is 0. The van der Waals surface area contributed by atoms with Gasteiger partial charge in [-0.2, -0.15) is 0 Å². The van der Waals surface area contributed by atoms with Gasteiger partial charge in [0, 0.05) is 6.04 Å². The molecule has 26 heavy (non-hydrogen) atoms. The number of carbonyl (C=O) groups excluding carboxylic acids is 1. The first-order valence-corrected chi connectivity index (χ1v) is 10.1. The van der Waals surface area contributed by atoms with Crippen molar-refractivity contribution in [3.05, 3.63) is 54.6 Å². The molecule has 0 radical (unpaired) electrons. The molecule has 0 unspecified atom stereocenters. The SMILES string of the molecule is O=C(NO)[C@@H]1CCCC[C@H]1NS(=O)(=O)c1ccc(-c2ccccc2)cc1. The van der Waals surface area contributed by atoms with Crippen LogP contribution in [0.5, 0.6) is 0 Å². The maximum atomic E-state index is 12.7. The summed E-state index contributed by atoms with van der Waals surface area (Å²) in [6, 6.07) is 15.8. The van der Waals surface area contributed by atoms with Crippen LogP contribution in [-0.4, -0.2) is 25.6 Å². The summed E-state index contributed by atoms with van der Waals surface area (Å²) in [5.74, 6) is -1.11. The molecule has 1 amide bonds. The van der Waals surface area contributed by atoms with Gasteiger partial charge in [0.05, 0.1) is 10.8 Å². The molecule has 6 nitrogen and oxygen atoms in total. The van der Waals surface area contributed by atoms with Crippen molar-refractivity contribution in [3.63, 3.8) is 0 Å². The summed E-state index contributed by atoms with van der Waals surface area (Å²) in [5.41, 5.74) is 3.58. The van der Waals surface area contributed by atoms with Crippen LogP contribution in [0.3, 0.4) is 0 Å². The number of nitrogens with one attached hydrogen (secondary N) is 2. The van der Waals surface area contributed by atoms with E-state index in [1.54, 1.807) is 29.7 Å². The van der Waals surface area contributed by atoms with Gasteiger partial charge in [-0.3, -0.25) is 10.0 Å². The van der Waals surface area contributed by atoms with E-state index in [1.807, 2.05) is 30.3 Å². The van der Waals surface area contributed by atoms with E-state index in [1.165, 1.54) is 0 Å². The van der Waals surface area contributed by atoms with Crippen LogP contribution in [0.1, 0.15) is 25.7 Å². The molecule has 0 saturated heterocycles. The maximum absolute atomic E-state index is 12.7. The van der Waals surface area contributed by atoms with Crippen LogP contribution in [0.25, 0.3) is 11.1 Å². The van der Waals surface area contributed by atoms with Crippen LogP contribution in [0, 0.1) is 5.92 Å². The lowest BCUT2D eigenvalue weighted by atomic mass is 9.85. The van der Waals surface area contributed by atoms with Gasteiger partial charge >= 0.3 is 0 Å². The summed E-state index contributed by atoms with van der Waals surface area (Å²) in [6.07, 6.45) is 2.80. The predicted molar refractivity (Wildman–Crippen MR) is 97.9 cm³/mol. The highest BCUT2D eigenvalue weighted by Gasteiger charge is 2.34. The molecule has 1 saturated carbocycles. The molecule has 1 aliphatic carbocycles. The van der Waals surface area contributed by atoms with Crippen LogP contribution < -0.4 is 10.2 Å². The number of sulfonamides is 1. The van der Waals surface area contributed by atoms with Crippen molar-refractivity contribution >= 4 is 15.9 Å². The van der Waals surface area contributed by atoms with Crippen LogP contribution in [0.4, 0.5) is 0 Å². The molecule has 1 aliphatic rings. The Balaban J connectivity index is 1.78. The Bertz CT molecular complexity index is 851. The minimum atomic E-state index is -3.75. The Morgan fingerprint density at radius 1 is 0.923 bits per heavy atom. The molecule has 3 N–H and O–H groups in total. The Morgan fingerprint density at radius 3 is 2.19 bits per heavy atom. The standard InChI is InChI=1S/C19H22N2O4S/c22-19(20-23)17-8-4-5-9-18(17)21-26(24,25)16-12-10-15(11-13-16)14-6-2-1-3-7-14/h1-3,6-7,10-13,17-18,21,23H,4-5,8-9H2,(H,20,22)/t17-,18-/m1/s1. The van der Waals surface area contributed by atoms with Gasteiger partial charge in [-0.1, -0.05) is 55.3 Å². The van der Waals surface area contributed by atoms with Crippen LogP contribution in [-0.2, 0) is 14.8 Å². The van der Waals surface area contributed by atoms with E-state index in [-0.39, 0.29) is 4.90 Å². The zero-order valence-corrected chi connectivity index (χ0v) is 15.1. The maximum Gasteiger partial charge on any atom is 0.248 e. The lowest BCUT2D eigenvalue weighted by molar-refractivity contribution is -0.135. The molecule has 138 valence electrons. The van der Waals surface area contributed by atoms with E-state index in [2.05, 4.69) is 4.72 Å². The van der Waals surface area contributed by atoms with Crippen LogP contribution >= 0.6 is 0 Å². The molecular formula is C19H22N2O4S. The largest absolute Gasteiger partial charge is 0.289 e. The van der Waals surface area contributed by atoms with E-state index in [4.69, 9.17) is 5.21 Å². The fraction of sp³-hybridized carbons (Fsp3) is 0.316. The van der Waals surface area contributed by atoms with E-state index < -0.39 is 27.9 Å². The summed E-state index contributed by atoms with van der Waals surface area (Å²) in [5, 5.41) is 8.88. The minimum absolute atomic E-state index is 0.158. The first kappa shape index (κ1) is 18.6. The van der Waals surface area contributed by atoms with Crippen molar-refractivity contribution < 1.29 is 18.4 Å². The topological polar surface area (TPSA) is 95.5 Å². The molecule has 0 aromatic heterocycles. The lowest BCUT2D eigenvalue weighted by Crippen LogP contribution is -2.47. The number of hydrogen-bond acceptors (Lipinski definition) is 4. The molecule has 1 fully saturated rings. The fourth-order valence-electron chi connectivity index (χ4n) is 3.39. The normalized spacial score (nSPS) is 20.5. The minimum Gasteiger partial charge on any atom is -0.289 e. The predicted octanol–water partition coefficient (Wildman–Crippen LogP) is 2.70. The first-order chi connectivity index (χ1) is 12.5. The van der Waals surface area contributed by atoms with Gasteiger partial charge in [0.1, 0.15) is 0 Å². The van der Waals surface area contributed by atoms with E-state index in [9.17, 15) is 13.2 Å². The second-order valence-electron chi connectivity index (χ2n) is 6.49. The van der Waals surface area contributed by atoms with Crippen molar-refractivity contribution in [1.29, 1.82) is 0 Å². The highest BCUT2D eigenvalue weighted by molar-refractivity contribution is 7.89. The quantitative estimate of drug-likeness (QED) is 0.554. The van der Waals surface area contributed by atoms with Crippen LogP contribution in [0.2, 0.25) is 0 Å². The Labute approximate surface area is 153 Å². The average Bonchev–Trinajstić information content (AvgIpc) is 2.68. The van der Waals surface area contributed by atoms with Crippen molar-refractivity contribution in [2.45, 2.75) is 36.6 Å². The molecule has 2 aromatic rings. The molecule has 0 spiro atoms. The fourth-order valence-corrected chi connectivity index (χ4v) is 4.70. The number of carbonyl (C=O) groups is 1. The Kier molecular flexibility index (Phi) is 5.70. The third-order valence-corrected chi connectivity index (χ3v) is 6.30. The van der Waals surface area contributed by atoms with Crippen molar-refractivity contribution in [1.82, 2.24) is 10.2 Å². The second-order valence-corrected chi connectivity index (χ2v) is 8.20. The molecule has 7 heteroatoms. The molecule has 2 aromatic carbocycles. The summed E-state index contributed by atoms with van der Waals surface area (Å²) in [7, 11) is -3.75. The number of rotatable bonds is 5. The summed E-state index contributed by atoms with van der Waals surface area (Å²) < 4.78 is 28.0. The van der Waals surface area contributed by atoms with E-state index in [0.29, 0.717) is 12.8 Å². The molecule has 0 bridgehead atoms. The third-order valence-electron chi connectivity index (χ3n) is 4.79. The second kappa shape index (κ2) is 7.99. The Hall–Kier alpha value is -2.22. The van der Waals surface area contributed by atoms with Crippen molar-refractivity contribution in [3.8, 4) is 11.1 Å². The lowest BCUT2D eigenvalue weighted by Gasteiger charge is -2.30. The van der Waals surface area contributed by atoms with E-state index in [0.717, 1.165) is 24.0 Å². The van der Waals surface area contributed by atoms with Crippen LogP contribution in [0.15, 0.2) is 59.5 Å². The molecule has 2 atom stereocenters.